The van der Waals surface area contributed by atoms with Gasteiger partial charge in [0.15, 0.2) is 6.10 Å². The minimum atomic E-state index is -0.734. The van der Waals surface area contributed by atoms with Crippen molar-refractivity contribution in [3.05, 3.63) is 60.2 Å². The number of nitrogens with zero attached hydrogens (tertiary/aromatic N) is 1. The van der Waals surface area contributed by atoms with Crippen molar-refractivity contribution in [1.82, 2.24) is 0 Å². The molecule has 5 heteroatoms. The molecule has 2 aromatic carbocycles. The summed E-state index contributed by atoms with van der Waals surface area (Å²) in [5, 5.41) is 0. The second-order valence-electron chi connectivity index (χ2n) is 8.35. The average Bonchev–Trinajstić information content (AvgIpc) is 3.42. The van der Waals surface area contributed by atoms with Crippen LogP contribution in [0.2, 0.25) is 0 Å². The lowest BCUT2D eigenvalue weighted by molar-refractivity contribution is -0.123. The molecule has 0 radical (unpaired) electrons. The SMILES string of the molecule is C[C@@H](Oc1ccccc1N1C(=O)[C@H]2[C@@H]3CC[C@@H](C3)[C@@H]2C1=O)C(=O)c1ccccc1. The number of anilines is 1. The first-order valence-corrected chi connectivity index (χ1v) is 10.3. The highest BCUT2D eigenvalue weighted by atomic mass is 16.5. The lowest BCUT2D eigenvalue weighted by Gasteiger charge is -2.22. The van der Waals surface area contributed by atoms with Gasteiger partial charge in [0.1, 0.15) is 5.75 Å². The molecule has 3 fully saturated rings. The molecule has 5 atom stereocenters. The summed E-state index contributed by atoms with van der Waals surface area (Å²) in [5.41, 5.74) is 1.01. The monoisotopic (exact) mass is 389 g/mol. The van der Waals surface area contributed by atoms with Crippen molar-refractivity contribution in [3.8, 4) is 5.75 Å². The number of carbonyl (C=O) groups excluding carboxylic acids is 3. The summed E-state index contributed by atoms with van der Waals surface area (Å²) >= 11 is 0. The Kier molecular flexibility index (Phi) is 4.26. The van der Waals surface area contributed by atoms with E-state index in [9.17, 15) is 14.4 Å². The Balaban J connectivity index is 1.42. The summed E-state index contributed by atoms with van der Waals surface area (Å²) in [5.74, 6) is 0.329. The van der Waals surface area contributed by atoms with Gasteiger partial charge in [0.05, 0.1) is 17.5 Å². The number of rotatable bonds is 5. The Hall–Kier alpha value is -2.95. The molecule has 0 unspecified atom stereocenters. The first-order valence-electron chi connectivity index (χ1n) is 10.3. The summed E-state index contributed by atoms with van der Waals surface area (Å²) < 4.78 is 5.97. The van der Waals surface area contributed by atoms with Crippen molar-refractivity contribution >= 4 is 23.3 Å². The zero-order chi connectivity index (χ0) is 20.1. The number of ether oxygens (including phenoxy) is 1. The number of para-hydroxylation sites is 2. The van der Waals surface area contributed by atoms with Crippen LogP contribution in [0.15, 0.2) is 54.6 Å². The number of ketones is 1. The molecular weight excluding hydrogens is 366 g/mol. The smallest absolute Gasteiger partial charge is 0.238 e. The number of hydrogen-bond acceptors (Lipinski definition) is 4. The zero-order valence-electron chi connectivity index (χ0n) is 16.3. The minimum absolute atomic E-state index is 0.106. The Bertz CT molecular complexity index is 957. The topological polar surface area (TPSA) is 63.7 Å². The highest BCUT2D eigenvalue weighted by molar-refractivity contribution is 6.23. The second kappa shape index (κ2) is 6.83. The molecule has 29 heavy (non-hydrogen) atoms. The molecule has 0 spiro atoms. The fraction of sp³-hybridized carbons (Fsp3) is 0.375. The molecule has 3 aliphatic rings. The fourth-order valence-corrected chi connectivity index (χ4v) is 5.47. The van der Waals surface area contributed by atoms with Crippen molar-refractivity contribution in [2.45, 2.75) is 32.3 Å². The van der Waals surface area contributed by atoms with Crippen LogP contribution < -0.4 is 9.64 Å². The van der Waals surface area contributed by atoms with E-state index < -0.39 is 6.10 Å². The minimum Gasteiger partial charge on any atom is -0.480 e. The van der Waals surface area contributed by atoms with Crippen LogP contribution in [0.25, 0.3) is 0 Å². The van der Waals surface area contributed by atoms with E-state index in [1.807, 2.05) is 18.2 Å². The van der Waals surface area contributed by atoms with Crippen LogP contribution in [0.1, 0.15) is 36.5 Å². The Labute approximate surface area is 169 Å². The predicted octanol–water partition coefficient (Wildman–Crippen LogP) is 3.87. The maximum atomic E-state index is 13.2. The molecule has 2 bridgehead atoms. The van der Waals surface area contributed by atoms with E-state index >= 15 is 0 Å². The summed E-state index contributed by atoms with van der Waals surface area (Å²) in [6.07, 6.45) is 2.35. The van der Waals surface area contributed by atoms with E-state index in [1.54, 1.807) is 43.3 Å². The molecule has 2 aromatic rings. The molecule has 5 nitrogen and oxygen atoms in total. The van der Waals surface area contributed by atoms with Gasteiger partial charge in [0.2, 0.25) is 17.6 Å². The van der Waals surface area contributed by atoms with Crippen LogP contribution in [0.4, 0.5) is 5.69 Å². The Morgan fingerprint density at radius 2 is 1.52 bits per heavy atom. The van der Waals surface area contributed by atoms with E-state index in [4.69, 9.17) is 4.74 Å². The quantitative estimate of drug-likeness (QED) is 0.575. The molecule has 5 rings (SSSR count). The Morgan fingerprint density at radius 1 is 0.931 bits per heavy atom. The van der Waals surface area contributed by atoms with Crippen molar-refractivity contribution in [2.75, 3.05) is 4.90 Å². The second-order valence-corrected chi connectivity index (χ2v) is 8.35. The average molecular weight is 389 g/mol. The number of carbonyl (C=O) groups is 3. The van der Waals surface area contributed by atoms with Gasteiger partial charge in [-0.15, -0.1) is 0 Å². The molecule has 2 saturated carbocycles. The third-order valence-electron chi connectivity index (χ3n) is 6.76. The lowest BCUT2D eigenvalue weighted by Crippen LogP contribution is -2.34. The maximum absolute atomic E-state index is 13.2. The highest BCUT2D eigenvalue weighted by Crippen LogP contribution is 2.57. The number of fused-ring (bicyclic) bond motifs is 5. The van der Waals surface area contributed by atoms with E-state index in [1.165, 1.54) is 4.90 Å². The molecule has 1 heterocycles. The van der Waals surface area contributed by atoms with E-state index in [2.05, 4.69) is 0 Å². The van der Waals surface area contributed by atoms with Crippen LogP contribution in [-0.2, 0) is 9.59 Å². The predicted molar refractivity (Wildman–Crippen MR) is 108 cm³/mol. The molecular formula is C24H23NO4. The fourth-order valence-electron chi connectivity index (χ4n) is 5.47. The normalized spacial score (nSPS) is 28.5. The van der Waals surface area contributed by atoms with Crippen LogP contribution in [0.3, 0.4) is 0 Å². The third kappa shape index (κ3) is 2.79. The Morgan fingerprint density at radius 3 is 2.17 bits per heavy atom. The van der Waals surface area contributed by atoms with Crippen molar-refractivity contribution in [3.63, 3.8) is 0 Å². The van der Waals surface area contributed by atoms with Gasteiger partial charge in [0.25, 0.3) is 0 Å². The molecule has 1 saturated heterocycles. The number of hydrogen-bond donors (Lipinski definition) is 0. The lowest BCUT2D eigenvalue weighted by atomic mass is 9.81. The number of Topliss-reactive ketones (excluding diaryl/α,β-unsaturated/α-hetero) is 1. The number of benzene rings is 2. The first-order chi connectivity index (χ1) is 14.1. The molecule has 148 valence electrons. The van der Waals surface area contributed by atoms with E-state index in [0.717, 1.165) is 19.3 Å². The van der Waals surface area contributed by atoms with Gasteiger partial charge in [-0.3, -0.25) is 14.4 Å². The van der Waals surface area contributed by atoms with Crippen molar-refractivity contribution in [2.24, 2.45) is 23.7 Å². The van der Waals surface area contributed by atoms with Gasteiger partial charge in [-0.25, -0.2) is 4.90 Å². The number of amides is 2. The van der Waals surface area contributed by atoms with Crippen molar-refractivity contribution in [1.29, 1.82) is 0 Å². The van der Waals surface area contributed by atoms with Gasteiger partial charge >= 0.3 is 0 Å². The van der Waals surface area contributed by atoms with Gasteiger partial charge in [-0.05, 0) is 50.2 Å². The molecule has 2 amide bonds. The van der Waals surface area contributed by atoms with Crippen LogP contribution in [0, 0.1) is 23.7 Å². The zero-order valence-corrected chi connectivity index (χ0v) is 16.3. The van der Waals surface area contributed by atoms with Crippen LogP contribution >= 0.6 is 0 Å². The van der Waals surface area contributed by atoms with Crippen LogP contribution in [-0.4, -0.2) is 23.7 Å². The van der Waals surface area contributed by atoms with E-state index in [0.29, 0.717) is 28.8 Å². The highest BCUT2D eigenvalue weighted by Gasteiger charge is 2.61. The summed E-state index contributed by atoms with van der Waals surface area (Å²) in [6.45, 7) is 1.69. The molecule has 0 aromatic heterocycles. The van der Waals surface area contributed by atoms with Gasteiger partial charge < -0.3 is 4.74 Å². The molecule has 2 aliphatic carbocycles. The summed E-state index contributed by atoms with van der Waals surface area (Å²) in [7, 11) is 0. The maximum Gasteiger partial charge on any atom is 0.238 e. The molecule has 1 aliphatic heterocycles. The van der Waals surface area contributed by atoms with Crippen molar-refractivity contribution < 1.29 is 19.1 Å². The summed E-state index contributed by atoms with van der Waals surface area (Å²) in [4.78, 5) is 40.3. The van der Waals surface area contributed by atoms with Crippen LogP contribution in [0.5, 0.6) is 5.75 Å². The van der Waals surface area contributed by atoms with E-state index in [-0.39, 0.29) is 29.4 Å². The first kappa shape index (κ1) is 18.1. The summed E-state index contributed by atoms with van der Waals surface area (Å²) in [6, 6.07) is 16.0. The standard InChI is InChI=1S/C24H23NO4/c1-14(22(26)15-7-3-2-4-8-15)29-19-10-6-5-9-18(19)25-23(27)20-16-11-12-17(13-16)21(20)24(25)28/h2-10,14,16-17,20-21H,11-13H2,1H3/t14-,16-,17+,20+,21+/m1/s1. The van der Waals surface area contributed by atoms with Gasteiger partial charge in [0, 0.05) is 5.56 Å². The molecule has 0 N–H and O–H groups in total. The largest absolute Gasteiger partial charge is 0.480 e. The van der Waals surface area contributed by atoms with Gasteiger partial charge in [-0.1, -0.05) is 42.5 Å². The number of imide groups is 1. The third-order valence-corrected chi connectivity index (χ3v) is 6.76. The van der Waals surface area contributed by atoms with Gasteiger partial charge in [-0.2, -0.15) is 0 Å².